The van der Waals surface area contributed by atoms with Gasteiger partial charge in [-0.1, -0.05) is 12.1 Å². The van der Waals surface area contributed by atoms with Crippen molar-refractivity contribution in [3.05, 3.63) is 80.8 Å². The van der Waals surface area contributed by atoms with Crippen molar-refractivity contribution in [2.24, 2.45) is 0 Å². The number of hydrogen-bond donors (Lipinski definition) is 0. The summed E-state index contributed by atoms with van der Waals surface area (Å²) in [7, 11) is 3.22. The normalized spacial score (nSPS) is 15.7. The minimum atomic E-state index is -0.368. The molecule has 0 N–H and O–H groups in total. The molecule has 29 heavy (non-hydrogen) atoms. The van der Waals surface area contributed by atoms with Crippen LogP contribution in [0, 0.1) is 12.7 Å². The van der Waals surface area contributed by atoms with Crippen LogP contribution < -0.4 is 9.47 Å². The minimum Gasteiger partial charge on any atom is -0.493 e. The van der Waals surface area contributed by atoms with Crippen molar-refractivity contribution in [3.63, 3.8) is 0 Å². The molecule has 0 radical (unpaired) electrons. The summed E-state index contributed by atoms with van der Waals surface area (Å²) < 4.78 is 25.1. The van der Waals surface area contributed by atoms with Crippen molar-refractivity contribution in [1.29, 1.82) is 0 Å². The van der Waals surface area contributed by atoms with Crippen LogP contribution in [0.25, 0.3) is 0 Å². The summed E-state index contributed by atoms with van der Waals surface area (Å²) in [6.45, 7) is 2.23. The molecular formula is C23H22FNO3S. The van der Waals surface area contributed by atoms with E-state index in [1.807, 2.05) is 34.5 Å². The first-order valence-electron chi connectivity index (χ1n) is 9.38. The van der Waals surface area contributed by atoms with E-state index in [1.54, 1.807) is 44.6 Å². The average molecular weight is 411 g/mol. The lowest BCUT2D eigenvalue weighted by atomic mass is 9.90. The number of benzene rings is 2. The molecule has 2 aromatic carbocycles. The van der Waals surface area contributed by atoms with Crippen LogP contribution in [0.2, 0.25) is 0 Å². The summed E-state index contributed by atoms with van der Waals surface area (Å²) >= 11 is 1.60. The number of methoxy groups -OCH3 is 2. The van der Waals surface area contributed by atoms with Crippen molar-refractivity contribution in [2.75, 3.05) is 20.8 Å². The number of hydrogen-bond acceptors (Lipinski definition) is 4. The van der Waals surface area contributed by atoms with Crippen LogP contribution in [0.3, 0.4) is 0 Å². The molecule has 3 aromatic rings. The molecule has 4 nitrogen and oxygen atoms in total. The molecule has 0 saturated heterocycles. The van der Waals surface area contributed by atoms with Gasteiger partial charge in [-0.3, -0.25) is 4.79 Å². The monoisotopic (exact) mass is 411 g/mol. The highest BCUT2D eigenvalue weighted by molar-refractivity contribution is 7.10. The van der Waals surface area contributed by atoms with Crippen molar-refractivity contribution >= 4 is 17.2 Å². The summed E-state index contributed by atoms with van der Waals surface area (Å²) in [5, 5.41) is 2.00. The van der Waals surface area contributed by atoms with E-state index in [2.05, 4.69) is 0 Å². The maximum absolute atomic E-state index is 14.1. The number of rotatable bonds is 4. The number of ether oxygens (including phenoxy) is 2. The molecule has 1 aliphatic heterocycles. The first kappa shape index (κ1) is 19.5. The fraction of sp³-hybridized carbons (Fsp3) is 0.261. The summed E-state index contributed by atoms with van der Waals surface area (Å²) in [6.07, 6.45) is 0.692. The van der Waals surface area contributed by atoms with E-state index in [4.69, 9.17) is 9.47 Å². The lowest BCUT2D eigenvalue weighted by Crippen LogP contribution is -2.40. The van der Waals surface area contributed by atoms with Crippen LogP contribution in [0.5, 0.6) is 11.5 Å². The number of halogens is 1. The molecule has 1 amide bonds. The Hall–Kier alpha value is -2.86. The third-order valence-corrected chi connectivity index (χ3v) is 6.29. The molecule has 0 bridgehead atoms. The highest BCUT2D eigenvalue weighted by Crippen LogP contribution is 2.42. The molecular weight excluding hydrogens is 389 g/mol. The molecule has 1 aromatic heterocycles. The highest BCUT2D eigenvalue weighted by atomic mass is 32.1. The van der Waals surface area contributed by atoms with Gasteiger partial charge in [0.2, 0.25) is 0 Å². The first-order chi connectivity index (χ1) is 14.0. The predicted molar refractivity (Wildman–Crippen MR) is 112 cm³/mol. The topological polar surface area (TPSA) is 38.8 Å². The summed E-state index contributed by atoms with van der Waals surface area (Å²) in [4.78, 5) is 16.2. The Kier molecular flexibility index (Phi) is 5.28. The molecule has 150 valence electrons. The van der Waals surface area contributed by atoms with Gasteiger partial charge in [0.1, 0.15) is 5.82 Å². The SMILES string of the molecule is COc1cc2c(cc1OC)C(c1cccs1)N(C(=O)c1ccc(C)c(F)c1)CC2. The second kappa shape index (κ2) is 7.87. The maximum Gasteiger partial charge on any atom is 0.254 e. The van der Waals surface area contributed by atoms with E-state index in [1.165, 1.54) is 6.07 Å². The third-order valence-electron chi connectivity index (χ3n) is 5.37. The zero-order valence-electron chi connectivity index (χ0n) is 16.6. The van der Waals surface area contributed by atoms with E-state index >= 15 is 0 Å². The minimum absolute atomic E-state index is 0.178. The fourth-order valence-electron chi connectivity index (χ4n) is 3.81. The Labute approximate surface area is 173 Å². The van der Waals surface area contributed by atoms with Gasteiger partial charge in [-0.05, 0) is 65.7 Å². The van der Waals surface area contributed by atoms with Gasteiger partial charge in [0.15, 0.2) is 11.5 Å². The predicted octanol–water partition coefficient (Wildman–Crippen LogP) is 5.00. The van der Waals surface area contributed by atoms with Crippen molar-refractivity contribution in [1.82, 2.24) is 4.90 Å². The molecule has 0 saturated carbocycles. The summed E-state index contributed by atoms with van der Waals surface area (Å²) in [5.74, 6) is 0.759. The Morgan fingerprint density at radius 3 is 2.55 bits per heavy atom. The maximum atomic E-state index is 14.1. The van der Waals surface area contributed by atoms with Crippen LogP contribution in [0.15, 0.2) is 47.8 Å². The van der Waals surface area contributed by atoms with Gasteiger partial charge >= 0.3 is 0 Å². The van der Waals surface area contributed by atoms with Gasteiger partial charge in [-0.2, -0.15) is 0 Å². The zero-order chi connectivity index (χ0) is 20.5. The second-order valence-electron chi connectivity index (χ2n) is 7.04. The quantitative estimate of drug-likeness (QED) is 0.606. The molecule has 6 heteroatoms. The Morgan fingerprint density at radius 1 is 1.14 bits per heavy atom. The van der Waals surface area contributed by atoms with Gasteiger partial charge < -0.3 is 14.4 Å². The molecule has 1 atom stereocenters. The van der Waals surface area contributed by atoms with Gasteiger partial charge in [0.05, 0.1) is 20.3 Å². The zero-order valence-corrected chi connectivity index (χ0v) is 17.4. The van der Waals surface area contributed by atoms with Crippen LogP contribution in [-0.2, 0) is 6.42 Å². The van der Waals surface area contributed by atoms with Crippen molar-refractivity contribution in [2.45, 2.75) is 19.4 Å². The number of amides is 1. The number of aryl methyl sites for hydroxylation is 1. The lowest BCUT2D eigenvalue weighted by Gasteiger charge is -2.37. The number of carbonyl (C=O) groups excluding carboxylic acids is 1. The number of fused-ring (bicyclic) bond motifs is 1. The smallest absolute Gasteiger partial charge is 0.254 e. The standard InChI is InChI=1S/C23H22FNO3S/c1-14-6-7-16(11-18(14)24)23(26)25-9-8-15-12-19(27-2)20(28-3)13-17(15)22(25)21-5-4-10-29-21/h4-7,10-13,22H,8-9H2,1-3H3. The largest absolute Gasteiger partial charge is 0.493 e. The van der Waals surface area contributed by atoms with Gasteiger partial charge in [0, 0.05) is 17.0 Å². The summed E-state index contributed by atoms with van der Waals surface area (Å²) in [6, 6.07) is 12.4. The van der Waals surface area contributed by atoms with Crippen LogP contribution in [-0.4, -0.2) is 31.6 Å². The molecule has 1 aliphatic rings. The van der Waals surface area contributed by atoms with Crippen LogP contribution >= 0.6 is 11.3 Å². The number of thiophene rings is 1. The molecule has 2 heterocycles. The third kappa shape index (κ3) is 3.49. The van der Waals surface area contributed by atoms with Crippen LogP contribution in [0.4, 0.5) is 4.39 Å². The first-order valence-corrected chi connectivity index (χ1v) is 10.3. The molecule has 0 fully saturated rings. The molecule has 4 rings (SSSR count). The Bertz CT molecular complexity index is 1050. The second-order valence-corrected chi connectivity index (χ2v) is 8.02. The fourth-order valence-corrected chi connectivity index (χ4v) is 4.66. The van der Waals surface area contributed by atoms with Crippen LogP contribution in [0.1, 0.15) is 38.0 Å². The average Bonchev–Trinajstić information content (AvgIpc) is 3.27. The Balaban J connectivity index is 1.81. The van der Waals surface area contributed by atoms with Gasteiger partial charge in [-0.25, -0.2) is 4.39 Å². The summed E-state index contributed by atoms with van der Waals surface area (Å²) in [5.41, 5.74) is 3.02. The highest BCUT2D eigenvalue weighted by Gasteiger charge is 2.34. The Morgan fingerprint density at radius 2 is 1.90 bits per heavy atom. The van der Waals surface area contributed by atoms with Crippen molar-refractivity contribution < 1.29 is 18.7 Å². The van der Waals surface area contributed by atoms with E-state index < -0.39 is 0 Å². The molecule has 0 spiro atoms. The van der Waals surface area contributed by atoms with Gasteiger partial charge in [0.25, 0.3) is 5.91 Å². The molecule has 1 unspecified atom stereocenters. The van der Waals surface area contributed by atoms with E-state index in [0.29, 0.717) is 35.6 Å². The van der Waals surface area contributed by atoms with Crippen molar-refractivity contribution in [3.8, 4) is 11.5 Å². The lowest BCUT2D eigenvalue weighted by molar-refractivity contribution is 0.0696. The van der Waals surface area contributed by atoms with Gasteiger partial charge in [-0.15, -0.1) is 11.3 Å². The van der Waals surface area contributed by atoms with E-state index in [-0.39, 0.29) is 17.8 Å². The van der Waals surface area contributed by atoms with E-state index in [9.17, 15) is 9.18 Å². The number of carbonyl (C=O) groups is 1. The molecule has 0 aliphatic carbocycles. The number of nitrogens with zero attached hydrogens (tertiary/aromatic N) is 1. The van der Waals surface area contributed by atoms with E-state index in [0.717, 1.165) is 16.0 Å².